The van der Waals surface area contributed by atoms with Crippen LogP contribution in [0, 0.1) is 0 Å². The molecule has 0 atom stereocenters. The second-order valence-electron chi connectivity index (χ2n) is 3.32. The first kappa shape index (κ1) is 5.98. The summed E-state index contributed by atoms with van der Waals surface area (Å²) in [7, 11) is 0. The quantitative estimate of drug-likeness (QED) is 0.565. The number of hydrogen-bond acceptors (Lipinski definition) is 0. The molecule has 0 saturated carbocycles. The molecule has 0 bridgehead atoms. The van der Waals surface area contributed by atoms with Crippen LogP contribution in [0.25, 0.3) is 11.1 Å². The Hall–Kier alpha value is -1.56. The van der Waals surface area contributed by atoms with Crippen molar-refractivity contribution in [3.8, 4) is 11.1 Å². The monoisotopic (exact) mass is 167 g/mol. The fourth-order valence-electron chi connectivity index (χ4n) is 1.90. The van der Waals surface area contributed by atoms with Gasteiger partial charge in [0.2, 0.25) is 0 Å². The minimum absolute atomic E-state index is 0.192. The van der Waals surface area contributed by atoms with Crippen molar-refractivity contribution in [1.29, 1.82) is 0 Å². The summed E-state index contributed by atoms with van der Waals surface area (Å²) in [4.78, 5) is 0. The first-order valence-electron chi connectivity index (χ1n) is 5.06. The summed E-state index contributed by atoms with van der Waals surface area (Å²) in [5.74, 6) is 0. The van der Waals surface area contributed by atoms with Crippen LogP contribution in [0.2, 0.25) is 0 Å². The Kier molecular flexibility index (Phi) is 1.13. The predicted octanol–water partition coefficient (Wildman–Crippen LogP) is 3.26. The van der Waals surface area contributed by atoms with Crippen LogP contribution in [0.15, 0.2) is 48.5 Å². The summed E-state index contributed by atoms with van der Waals surface area (Å²) >= 11 is 0. The Morgan fingerprint density at radius 2 is 1.23 bits per heavy atom. The first-order chi connectivity index (χ1) is 6.88. The molecule has 0 nitrogen and oxygen atoms in total. The number of hydrogen-bond donors (Lipinski definition) is 0. The maximum absolute atomic E-state index is 8.10. The summed E-state index contributed by atoms with van der Waals surface area (Å²) in [5, 5.41) is 0. The molecule has 2 aromatic rings. The smallest absolute Gasteiger partial charge is 0.0366 e. The maximum atomic E-state index is 8.10. The van der Waals surface area contributed by atoms with Crippen LogP contribution in [-0.4, -0.2) is 0 Å². The Balaban J connectivity index is 2.36. The molecule has 0 heteroatoms. The van der Waals surface area contributed by atoms with Gasteiger partial charge in [-0.25, -0.2) is 0 Å². The van der Waals surface area contributed by atoms with Gasteiger partial charge in [0, 0.05) is 1.37 Å². The summed E-state index contributed by atoms with van der Waals surface area (Å²) in [6.45, 7) is 0. The van der Waals surface area contributed by atoms with Crippen molar-refractivity contribution in [3.63, 3.8) is 0 Å². The van der Waals surface area contributed by atoms with Gasteiger partial charge < -0.3 is 0 Å². The summed E-state index contributed by atoms with van der Waals surface area (Å²) < 4.78 is 8.10. The normalized spacial score (nSPS) is 14.9. The Bertz CT molecular complexity index is 443. The highest BCUT2D eigenvalue weighted by Crippen LogP contribution is 2.35. The van der Waals surface area contributed by atoms with Crippen LogP contribution in [-0.2, 0) is 6.40 Å². The molecule has 0 N–H and O–H groups in total. The largest absolute Gasteiger partial charge is 0.0619 e. The van der Waals surface area contributed by atoms with Gasteiger partial charge in [-0.05, 0) is 28.7 Å². The van der Waals surface area contributed by atoms with Gasteiger partial charge in [-0.15, -0.1) is 0 Å². The van der Waals surface area contributed by atoms with Gasteiger partial charge in [0.1, 0.15) is 0 Å². The van der Waals surface area contributed by atoms with Crippen molar-refractivity contribution >= 4 is 0 Å². The molecule has 0 aliphatic heterocycles. The molecular weight excluding hydrogens is 156 g/mol. The van der Waals surface area contributed by atoms with Gasteiger partial charge in [-0.2, -0.15) is 0 Å². The lowest BCUT2D eigenvalue weighted by atomic mass is 10.1. The van der Waals surface area contributed by atoms with Crippen molar-refractivity contribution in [1.82, 2.24) is 0 Å². The summed E-state index contributed by atoms with van der Waals surface area (Å²) in [6, 6.07) is 16.4. The standard InChI is InChI=1S/C13H10/c1-3-7-12-10(5-1)9-11-6-2-4-8-13(11)12/h1-8H,9H2/i9D. The molecule has 0 heterocycles. The minimum Gasteiger partial charge on any atom is -0.0619 e. The van der Waals surface area contributed by atoms with Gasteiger partial charge in [0.15, 0.2) is 0 Å². The van der Waals surface area contributed by atoms with Crippen molar-refractivity contribution in [2.75, 3.05) is 0 Å². The second kappa shape index (κ2) is 2.46. The zero-order chi connectivity index (χ0) is 9.54. The lowest BCUT2D eigenvalue weighted by Crippen LogP contribution is -1.77. The lowest BCUT2D eigenvalue weighted by molar-refractivity contribution is 1.26. The molecule has 2 aromatic carbocycles. The van der Waals surface area contributed by atoms with E-state index in [1.807, 2.05) is 36.4 Å². The van der Waals surface area contributed by atoms with Crippen LogP contribution in [0.4, 0.5) is 0 Å². The van der Waals surface area contributed by atoms with E-state index in [9.17, 15) is 0 Å². The number of fused-ring (bicyclic) bond motifs is 3. The third-order valence-electron chi connectivity index (χ3n) is 2.52. The Morgan fingerprint density at radius 3 is 1.77 bits per heavy atom. The van der Waals surface area contributed by atoms with E-state index in [1.54, 1.807) is 0 Å². The van der Waals surface area contributed by atoms with E-state index < -0.39 is 0 Å². The van der Waals surface area contributed by atoms with Gasteiger partial charge in [0.25, 0.3) is 0 Å². The minimum atomic E-state index is -0.192. The van der Waals surface area contributed by atoms with Gasteiger partial charge >= 0.3 is 0 Å². The molecule has 0 amide bonds. The maximum Gasteiger partial charge on any atom is 0.0366 e. The van der Waals surface area contributed by atoms with E-state index in [0.717, 1.165) is 11.1 Å². The topological polar surface area (TPSA) is 0 Å². The molecule has 3 rings (SSSR count). The highest BCUT2D eigenvalue weighted by Gasteiger charge is 2.15. The average Bonchev–Trinajstić information content (AvgIpc) is 2.55. The van der Waals surface area contributed by atoms with Crippen molar-refractivity contribution in [2.45, 2.75) is 6.40 Å². The number of rotatable bonds is 0. The molecule has 1 aliphatic carbocycles. The van der Waals surface area contributed by atoms with E-state index in [1.165, 1.54) is 11.1 Å². The average molecular weight is 167 g/mol. The van der Waals surface area contributed by atoms with E-state index in [4.69, 9.17) is 1.37 Å². The van der Waals surface area contributed by atoms with E-state index >= 15 is 0 Å². The fraction of sp³-hybridized carbons (Fsp3) is 0.0769. The SMILES string of the molecule is [2H]C1c2ccccc2-c2ccccc21. The number of benzene rings is 2. The van der Waals surface area contributed by atoms with Crippen LogP contribution in [0.1, 0.15) is 12.5 Å². The second-order valence-corrected chi connectivity index (χ2v) is 3.32. The molecule has 0 saturated heterocycles. The zero-order valence-electron chi connectivity index (χ0n) is 8.20. The summed E-state index contributed by atoms with van der Waals surface area (Å²) in [5.41, 5.74) is 4.72. The zero-order valence-corrected chi connectivity index (χ0v) is 7.20. The van der Waals surface area contributed by atoms with Crippen LogP contribution >= 0.6 is 0 Å². The van der Waals surface area contributed by atoms with Crippen molar-refractivity contribution in [2.24, 2.45) is 0 Å². The van der Waals surface area contributed by atoms with Gasteiger partial charge in [0.05, 0.1) is 0 Å². The highest BCUT2D eigenvalue weighted by molar-refractivity contribution is 5.76. The van der Waals surface area contributed by atoms with Crippen LogP contribution in [0.3, 0.4) is 0 Å². The molecule has 62 valence electrons. The Labute approximate surface area is 79.3 Å². The predicted molar refractivity (Wildman–Crippen MR) is 54.7 cm³/mol. The highest BCUT2D eigenvalue weighted by atomic mass is 14.2. The molecule has 0 fully saturated rings. The molecule has 0 unspecified atom stereocenters. The van der Waals surface area contributed by atoms with E-state index in [0.29, 0.717) is 0 Å². The molecule has 1 aliphatic rings. The van der Waals surface area contributed by atoms with Crippen molar-refractivity contribution < 1.29 is 1.37 Å². The third-order valence-corrected chi connectivity index (χ3v) is 2.52. The van der Waals surface area contributed by atoms with E-state index in [2.05, 4.69) is 12.1 Å². The lowest BCUT2D eigenvalue weighted by Gasteiger charge is -1.98. The Morgan fingerprint density at radius 1 is 0.769 bits per heavy atom. The van der Waals surface area contributed by atoms with Gasteiger partial charge in [-0.3, -0.25) is 0 Å². The third kappa shape index (κ3) is 0.919. The fourth-order valence-corrected chi connectivity index (χ4v) is 1.90. The summed E-state index contributed by atoms with van der Waals surface area (Å²) in [6.07, 6.45) is -0.192. The van der Waals surface area contributed by atoms with Crippen LogP contribution in [0.5, 0.6) is 0 Å². The van der Waals surface area contributed by atoms with Crippen LogP contribution < -0.4 is 0 Å². The van der Waals surface area contributed by atoms with E-state index in [-0.39, 0.29) is 6.40 Å². The van der Waals surface area contributed by atoms with Gasteiger partial charge in [-0.1, -0.05) is 48.5 Å². The molecular formula is C13H10. The molecule has 13 heavy (non-hydrogen) atoms. The molecule has 0 radical (unpaired) electrons. The molecule has 0 aromatic heterocycles. The first-order valence-corrected chi connectivity index (χ1v) is 4.48. The molecule has 0 spiro atoms. The van der Waals surface area contributed by atoms with Crippen molar-refractivity contribution in [3.05, 3.63) is 59.7 Å².